The van der Waals surface area contributed by atoms with Crippen LogP contribution in [0.25, 0.3) is 0 Å². The van der Waals surface area contributed by atoms with Crippen molar-refractivity contribution in [3.05, 3.63) is 59.9 Å². The van der Waals surface area contributed by atoms with E-state index in [1.165, 1.54) is 31.9 Å². The second-order valence-corrected chi connectivity index (χ2v) is 8.29. The summed E-state index contributed by atoms with van der Waals surface area (Å²) in [5.74, 6) is -0.0934. The van der Waals surface area contributed by atoms with Crippen LogP contribution in [0.2, 0.25) is 0 Å². The van der Waals surface area contributed by atoms with E-state index in [4.69, 9.17) is 0 Å². The molecule has 0 bridgehead atoms. The summed E-state index contributed by atoms with van der Waals surface area (Å²) in [4.78, 5) is 31.5. The predicted molar refractivity (Wildman–Crippen MR) is 109 cm³/mol. The summed E-state index contributed by atoms with van der Waals surface area (Å²) in [6.45, 7) is 3.20. The Labute approximate surface area is 166 Å². The van der Waals surface area contributed by atoms with Crippen molar-refractivity contribution in [3.8, 4) is 0 Å². The molecule has 2 amide bonds. The number of carbonyl (C=O) groups is 2. The highest BCUT2D eigenvalue weighted by Gasteiger charge is 2.44. The Hall–Kier alpha value is -2.69. The lowest BCUT2D eigenvalue weighted by atomic mass is 9.66. The summed E-state index contributed by atoms with van der Waals surface area (Å²) in [6, 6.07) is 11.0. The number of anilines is 1. The van der Waals surface area contributed by atoms with Crippen molar-refractivity contribution in [1.82, 2.24) is 9.88 Å². The van der Waals surface area contributed by atoms with Crippen LogP contribution in [0.15, 0.2) is 48.8 Å². The molecule has 1 aromatic heterocycles. The van der Waals surface area contributed by atoms with Crippen LogP contribution in [-0.4, -0.2) is 34.3 Å². The number of pyridine rings is 1. The molecule has 1 unspecified atom stereocenters. The highest BCUT2D eigenvalue weighted by Crippen LogP contribution is 2.45. The molecule has 2 fully saturated rings. The number of aromatic nitrogens is 1. The molecule has 5 nitrogen and oxygen atoms in total. The lowest BCUT2D eigenvalue weighted by Crippen LogP contribution is -2.54. The number of rotatable bonds is 3. The normalized spacial score (nSPS) is 24.3. The van der Waals surface area contributed by atoms with Crippen molar-refractivity contribution in [2.24, 2.45) is 5.41 Å². The number of hydrogen-bond acceptors (Lipinski definition) is 3. The van der Waals surface area contributed by atoms with E-state index in [-0.39, 0.29) is 17.2 Å². The van der Waals surface area contributed by atoms with Gasteiger partial charge in [-0.1, -0.05) is 19.8 Å². The monoisotopic (exact) mass is 377 g/mol. The quantitative estimate of drug-likeness (QED) is 0.855. The lowest BCUT2D eigenvalue weighted by molar-refractivity contribution is -0.000449. The fraction of sp³-hybridized carbons (Fsp3) is 0.435. The van der Waals surface area contributed by atoms with Crippen molar-refractivity contribution in [1.29, 1.82) is 0 Å². The van der Waals surface area contributed by atoms with Gasteiger partial charge >= 0.3 is 0 Å². The van der Waals surface area contributed by atoms with Gasteiger partial charge in [0.05, 0.1) is 5.56 Å². The number of nitrogens with zero attached hydrogens (tertiary/aromatic N) is 2. The molecule has 146 valence electrons. The molecule has 1 saturated heterocycles. The summed E-state index contributed by atoms with van der Waals surface area (Å²) in [5.41, 5.74) is 2.14. The minimum absolute atomic E-state index is 0.114. The Morgan fingerprint density at radius 2 is 1.86 bits per heavy atom. The smallest absolute Gasteiger partial charge is 0.257 e. The zero-order valence-corrected chi connectivity index (χ0v) is 16.4. The number of nitrogens with one attached hydrogen (secondary N) is 1. The Morgan fingerprint density at radius 3 is 2.61 bits per heavy atom. The molecule has 2 heterocycles. The third kappa shape index (κ3) is 3.66. The van der Waals surface area contributed by atoms with E-state index in [9.17, 15) is 9.59 Å². The van der Waals surface area contributed by atoms with Gasteiger partial charge in [0.15, 0.2) is 0 Å². The first-order chi connectivity index (χ1) is 13.6. The highest BCUT2D eigenvalue weighted by atomic mass is 16.2. The van der Waals surface area contributed by atoms with Crippen molar-refractivity contribution in [2.45, 2.75) is 51.5 Å². The molecule has 1 aliphatic heterocycles. The van der Waals surface area contributed by atoms with E-state index in [1.54, 1.807) is 30.5 Å². The summed E-state index contributed by atoms with van der Waals surface area (Å²) < 4.78 is 0. The van der Waals surface area contributed by atoms with E-state index < -0.39 is 0 Å². The molecule has 2 atom stereocenters. The molecule has 2 aromatic rings. The van der Waals surface area contributed by atoms with Crippen LogP contribution in [0.4, 0.5) is 5.69 Å². The zero-order valence-electron chi connectivity index (χ0n) is 16.4. The molecular weight excluding hydrogens is 350 g/mol. The second kappa shape index (κ2) is 7.74. The molecule has 1 N–H and O–H groups in total. The van der Waals surface area contributed by atoms with Crippen LogP contribution < -0.4 is 5.32 Å². The van der Waals surface area contributed by atoms with Gasteiger partial charge in [-0.3, -0.25) is 14.6 Å². The third-order valence-electron chi connectivity index (χ3n) is 6.38. The predicted octanol–water partition coefficient (Wildman–Crippen LogP) is 4.52. The Balaban J connectivity index is 1.46. The van der Waals surface area contributed by atoms with Gasteiger partial charge in [-0.15, -0.1) is 0 Å². The summed E-state index contributed by atoms with van der Waals surface area (Å²) in [7, 11) is 0. The first kappa shape index (κ1) is 18.7. The first-order valence-corrected chi connectivity index (χ1v) is 10.2. The molecule has 5 heteroatoms. The molecule has 1 aliphatic carbocycles. The van der Waals surface area contributed by atoms with E-state index in [1.807, 2.05) is 12.1 Å². The minimum Gasteiger partial charge on any atom is -0.335 e. The highest BCUT2D eigenvalue weighted by molar-refractivity contribution is 6.04. The molecular formula is C23H27N3O2. The molecule has 28 heavy (non-hydrogen) atoms. The summed E-state index contributed by atoms with van der Waals surface area (Å²) >= 11 is 0. The van der Waals surface area contributed by atoms with Gasteiger partial charge in [0.1, 0.15) is 0 Å². The van der Waals surface area contributed by atoms with Crippen LogP contribution in [-0.2, 0) is 0 Å². The Morgan fingerprint density at radius 1 is 1.07 bits per heavy atom. The molecule has 1 saturated carbocycles. The Bertz CT molecular complexity index is 846. The number of carbonyl (C=O) groups excluding carboxylic acids is 2. The van der Waals surface area contributed by atoms with Gasteiger partial charge < -0.3 is 10.2 Å². The van der Waals surface area contributed by atoms with Crippen molar-refractivity contribution in [2.75, 3.05) is 11.9 Å². The van der Waals surface area contributed by atoms with Gasteiger partial charge in [-0.25, -0.2) is 0 Å². The standard InChI is InChI=1S/C23H27N3O2/c1-23-12-3-2-7-20(23)26(15-5-13-23)22(28)17-8-10-19(11-9-17)25-21(27)18-6-4-14-24-16-18/h4,6,8-11,14,16,20H,2-3,5,7,12-13,15H2,1H3,(H,25,27)/t20?,23-/m0/s1. The van der Waals surface area contributed by atoms with Gasteiger partial charge in [-0.2, -0.15) is 0 Å². The largest absolute Gasteiger partial charge is 0.335 e. The maximum Gasteiger partial charge on any atom is 0.257 e. The SMILES string of the molecule is C[C@@]12CCCCC1N(C(=O)c1ccc(NC(=O)c3cccnc3)cc1)CCC2. The van der Waals surface area contributed by atoms with Crippen molar-refractivity contribution < 1.29 is 9.59 Å². The summed E-state index contributed by atoms with van der Waals surface area (Å²) in [5, 5.41) is 2.85. The maximum atomic E-state index is 13.2. The molecule has 0 radical (unpaired) electrons. The van der Waals surface area contributed by atoms with Gasteiger partial charge in [0.25, 0.3) is 11.8 Å². The molecule has 0 spiro atoms. The lowest BCUT2D eigenvalue weighted by Gasteiger charge is -2.51. The fourth-order valence-corrected chi connectivity index (χ4v) is 4.82. The topological polar surface area (TPSA) is 62.3 Å². The van der Waals surface area contributed by atoms with E-state index in [0.717, 1.165) is 19.4 Å². The van der Waals surface area contributed by atoms with Crippen molar-refractivity contribution in [3.63, 3.8) is 0 Å². The number of likely N-dealkylation sites (tertiary alicyclic amines) is 1. The van der Waals surface area contributed by atoms with E-state index >= 15 is 0 Å². The van der Waals surface area contributed by atoms with Crippen LogP contribution in [0.3, 0.4) is 0 Å². The number of hydrogen-bond donors (Lipinski definition) is 1. The zero-order chi connectivity index (χ0) is 19.6. The van der Waals surface area contributed by atoms with Crippen LogP contribution in [0.5, 0.6) is 0 Å². The van der Waals surface area contributed by atoms with Crippen molar-refractivity contribution >= 4 is 17.5 Å². The average molecular weight is 377 g/mol. The second-order valence-electron chi connectivity index (χ2n) is 8.29. The Kier molecular flexibility index (Phi) is 5.16. The van der Waals surface area contributed by atoms with Crippen LogP contribution in [0.1, 0.15) is 66.2 Å². The van der Waals surface area contributed by atoms with E-state index in [0.29, 0.717) is 22.9 Å². The number of piperidine rings is 1. The maximum absolute atomic E-state index is 13.2. The average Bonchev–Trinajstić information content (AvgIpc) is 2.73. The third-order valence-corrected chi connectivity index (χ3v) is 6.38. The molecule has 4 rings (SSSR count). The van der Waals surface area contributed by atoms with E-state index in [2.05, 4.69) is 22.1 Å². The molecule has 2 aliphatic rings. The van der Waals surface area contributed by atoms with Gasteiger partial charge in [0, 0.05) is 36.2 Å². The number of amides is 2. The number of fused-ring (bicyclic) bond motifs is 1. The van der Waals surface area contributed by atoms with Gasteiger partial charge in [0.2, 0.25) is 0 Å². The summed E-state index contributed by atoms with van der Waals surface area (Å²) in [6.07, 6.45) is 10.3. The number of benzene rings is 1. The molecule has 1 aromatic carbocycles. The minimum atomic E-state index is -0.207. The first-order valence-electron chi connectivity index (χ1n) is 10.2. The van der Waals surface area contributed by atoms with Crippen LogP contribution in [0, 0.1) is 5.41 Å². The van der Waals surface area contributed by atoms with Crippen LogP contribution >= 0.6 is 0 Å². The van der Waals surface area contributed by atoms with Gasteiger partial charge in [-0.05, 0) is 67.5 Å². The fourth-order valence-electron chi connectivity index (χ4n) is 4.82.